The topological polar surface area (TPSA) is 0 Å². The molecule has 0 spiro atoms. The van der Waals surface area contributed by atoms with Gasteiger partial charge in [-0.2, -0.15) is 0 Å². The van der Waals surface area contributed by atoms with E-state index in [1.165, 1.54) is 25.1 Å². The molecule has 0 atom stereocenters. The van der Waals surface area contributed by atoms with E-state index in [9.17, 15) is 0 Å². The van der Waals surface area contributed by atoms with Crippen LogP contribution in [0.15, 0.2) is 12.2 Å². The molecule has 11 heavy (non-hydrogen) atoms. The fourth-order valence-corrected chi connectivity index (χ4v) is 1.21. The second kappa shape index (κ2) is 4.55. The fraction of sp³-hybridized carbons (Fsp3) is 0.800. The minimum absolute atomic E-state index is 1.13. The Kier molecular flexibility index (Phi) is 4.43. The van der Waals surface area contributed by atoms with Crippen LogP contribution < -0.4 is 0 Å². The van der Waals surface area contributed by atoms with Crippen LogP contribution >= 0.6 is 0 Å². The predicted octanol–water partition coefficient (Wildman–Crippen LogP) is 2.44. The third-order valence-electron chi connectivity index (χ3n) is 1.97. The molecule has 0 rings (SSSR count). The van der Waals surface area contributed by atoms with Crippen LogP contribution in [-0.2, 0) is 0 Å². The smallest absolute Gasteiger partial charge is 0.0819 e. The first-order valence-electron chi connectivity index (χ1n) is 4.44. The Morgan fingerprint density at radius 3 is 2.18 bits per heavy atom. The third-order valence-corrected chi connectivity index (χ3v) is 1.97. The third kappa shape index (κ3) is 6.11. The number of hydrogen-bond acceptors (Lipinski definition) is 0. The quantitative estimate of drug-likeness (QED) is 0.423. The van der Waals surface area contributed by atoms with Crippen molar-refractivity contribution in [3.63, 3.8) is 0 Å². The Morgan fingerprint density at radius 2 is 1.82 bits per heavy atom. The van der Waals surface area contributed by atoms with Gasteiger partial charge in [0.1, 0.15) is 0 Å². The highest BCUT2D eigenvalue weighted by Crippen LogP contribution is 2.04. The van der Waals surface area contributed by atoms with E-state index in [-0.39, 0.29) is 0 Å². The lowest BCUT2D eigenvalue weighted by Crippen LogP contribution is -2.40. The van der Waals surface area contributed by atoms with E-state index in [4.69, 9.17) is 0 Å². The molecule has 0 heterocycles. The molecule has 0 aromatic heterocycles. The Hall–Kier alpha value is -0.300. The SMILES string of the molecule is C=C(C)CC[N+](C)(C)CCC. The largest absolute Gasteiger partial charge is 0.328 e. The van der Waals surface area contributed by atoms with Crippen molar-refractivity contribution in [2.75, 3.05) is 27.2 Å². The van der Waals surface area contributed by atoms with Crippen LogP contribution in [0.2, 0.25) is 0 Å². The monoisotopic (exact) mass is 156 g/mol. The van der Waals surface area contributed by atoms with Gasteiger partial charge in [-0.25, -0.2) is 0 Å². The average Bonchev–Trinajstić information content (AvgIpc) is 1.84. The molecule has 0 bridgehead atoms. The number of nitrogens with zero attached hydrogens (tertiary/aromatic N) is 1. The fourth-order valence-electron chi connectivity index (χ4n) is 1.21. The van der Waals surface area contributed by atoms with Crippen LogP contribution in [0.3, 0.4) is 0 Å². The van der Waals surface area contributed by atoms with Crippen LogP contribution in [-0.4, -0.2) is 31.7 Å². The highest BCUT2D eigenvalue weighted by atomic mass is 15.3. The molecule has 0 N–H and O–H groups in total. The van der Waals surface area contributed by atoms with E-state index >= 15 is 0 Å². The van der Waals surface area contributed by atoms with Crippen molar-refractivity contribution < 1.29 is 4.48 Å². The summed E-state index contributed by atoms with van der Waals surface area (Å²) < 4.78 is 1.13. The van der Waals surface area contributed by atoms with Crippen molar-refractivity contribution in [1.29, 1.82) is 0 Å². The minimum atomic E-state index is 1.13. The van der Waals surface area contributed by atoms with Gasteiger partial charge in [0.25, 0.3) is 0 Å². The molecule has 0 aromatic rings. The van der Waals surface area contributed by atoms with E-state index < -0.39 is 0 Å². The number of hydrogen-bond donors (Lipinski definition) is 0. The summed E-state index contributed by atoms with van der Waals surface area (Å²) in [7, 11) is 4.57. The standard InChI is InChI=1S/C10H22N/c1-6-8-11(4,5)9-7-10(2)3/h2,6-9H2,1,3-5H3/q+1. The summed E-state index contributed by atoms with van der Waals surface area (Å²) in [6, 6.07) is 0. The van der Waals surface area contributed by atoms with Crippen molar-refractivity contribution in [2.45, 2.75) is 26.7 Å². The van der Waals surface area contributed by atoms with Crippen molar-refractivity contribution in [3.05, 3.63) is 12.2 Å². The maximum absolute atomic E-state index is 3.91. The molecule has 0 aliphatic rings. The summed E-state index contributed by atoms with van der Waals surface area (Å²) in [5.74, 6) is 0. The van der Waals surface area contributed by atoms with Crippen molar-refractivity contribution in [3.8, 4) is 0 Å². The van der Waals surface area contributed by atoms with Gasteiger partial charge in [0.15, 0.2) is 0 Å². The highest BCUT2D eigenvalue weighted by molar-refractivity contribution is 4.87. The number of rotatable bonds is 5. The van der Waals surface area contributed by atoms with Gasteiger partial charge in [0.2, 0.25) is 0 Å². The maximum Gasteiger partial charge on any atom is 0.0819 e. The zero-order valence-electron chi connectivity index (χ0n) is 8.48. The Morgan fingerprint density at radius 1 is 1.27 bits per heavy atom. The summed E-state index contributed by atoms with van der Waals surface area (Å²) >= 11 is 0. The lowest BCUT2D eigenvalue weighted by molar-refractivity contribution is -0.890. The number of quaternary nitrogens is 1. The van der Waals surface area contributed by atoms with Crippen LogP contribution in [0.25, 0.3) is 0 Å². The molecule has 66 valence electrons. The molecule has 0 unspecified atom stereocenters. The molecule has 0 saturated carbocycles. The summed E-state index contributed by atoms with van der Waals surface area (Å²) in [6.45, 7) is 10.7. The van der Waals surface area contributed by atoms with E-state index in [0.29, 0.717) is 0 Å². The molecule has 1 nitrogen and oxygen atoms in total. The molecule has 0 aliphatic heterocycles. The molecule has 0 saturated heterocycles. The Bertz CT molecular complexity index is 125. The van der Waals surface area contributed by atoms with Gasteiger partial charge in [0.05, 0.1) is 27.2 Å². The van der Waals surface area contributed by atoms with Gasteiger partial charge in [-0.1, -0.05) is 19.1 Å². The Balaban J connectivity index is 3.63. The second-order valence-corrected chi connectivity index (χ2v) is 4.09. The Labute approximate surface area is 71.3 Å². The minimum Gasteiger partial charge on any atom is -0.328 e. The summed E-state index contributed by atoms with van der Waals surface area (Å²) in [6.07, 6.45) is 2.43. The lowest BCUT2D eigenvalue weighted by Gasteiger charge is -2.29. The van der Waals surface area contributed by atoms with E-state index in [0.717, 1.165) is 10.9 Å². The molecule has 0 fully saturated rings. The van der Waals surface area contributed by atoms with Gasteiger partial charge in [0, 0.05) is 6.42 Å². The van der Waals surface area contributed by atoms with E-state index in [2.05, 4.69) is 34.5 Å². The van der Waals surface area contributed by atoms with E-state index in [1.807, 2.05) is 0 Å². The van der Waals surface area contributed by atoms with Crippen LogP contribution in [0.4, 0.5) is 0 Å². The molecule has 0 radical (unpaired) electrons. The lowest BCUT2D eigenvalue weighted by atomic mass is 10.2. The van der Waals surface area contributed by atoms with Crippen molar-refractivity contribution in [1.82, 2.24) is 0 Å². The van der Waals surface area contributed by atoms with Gasteiger partial charge in [-0.15, -0.1) is 0 Å². The average molecular weight is 156 g/mol. The maximum atomic E-state index is 3.91. The molecule has 0 aliphatic carbocycles. The van der Waals surface area contributed by atoms with Crippen LogP contribution in [0.5, 0.6) is 0 Å². The first kappa shape index (κ1) is 10.7. The van der Waals surface area contributed by atoms with Gasteiger partial charge >= 0.3 is 0 Å². The van der Waals surface area contributed by atoms with Crippen molar-refractivity contribution in [2.24, 2.45) is 0 Å². The van der Waals surface area contributed by atoms with E-state index in [1.54, 1.807) is 0 Å². The molecule has 0 aromatic carbocycles. The van der Waals surface area contributed by atoms with Gasteiger partial charge in [-0.3, -0.25) is 0 Å². The zero-order valence-corrected chi connectivity index (χ0v) is 8.48. The first-order valence-corrected chi connectivity index (χ1v) is 4.44. The van der Waals surface area contributed by atoms with Gasteiger partial charge < -0.3 is 4.48 Å². The summed E-state index contributed by atoms with van der Waals surface area (Å²) in [5.41, 5.74) is 1.30. The molecular weight excluding hydrogens is 134 g/mol. The summed E-state index contributed by atoms with van der Waals surface area (Å²) in [5, 5.41) is 0. The molecular formula is C10H22N+. The van der Waals surface area contributed by atoms with Crippen molar-refractivity contribution >= 4 is 0 Å². The molecule has 0 amide bonds. The normalized spacial score (nSPS) is 11.6. The predicted molar refractivity (Wildman–Crippen MR) is 51.6 cm³/mol. The highest BCUT2D eigenvalue weighted by Gasteiger charge is 2.11. The zero-order chi connectivity index (χ0) is 8.91. The van der Waals surface area contributed by atoms with Gasteiger partial charge in [-0.05, 0) is 13.3 Å². The summed E-state index contributed by atoms with van der Waals surface area (Å²) in [4.78, 5) is 0. The molecule has 1 heteroatoms. The van der Waals surface area contributed by atoms with Crippen LogP contribution in [0, 0.1) is 0 Å². The second-order valence-electron chi connectivity index (χ2n) is 4.09. The van der Waals surface area contributed by atoms with Crippen LogP contribution in [0.1, 0.15) is 26.7 Å². The first-order chi connectivity index (χ1) is 4.98.